The summed E-state index contributed by atoms with van der Waals surface area (Å²) in [5.41, 5.74) is 0. The van der Waals surface area contributed by atoms with Crippen LogP contribution in [0.2, 0.25) is 0 Å². The quantitative estimate of drug-likeness (QED) is 0.427. The van der Waals surface area contributed by atoms with E-state index in [0.29, 0.717) is 6.42 Å². The number of aldehydes is 1. The zero-order valence-electron chi connectivity index (χ0n) is 5.65. The molecule has 0 radical (unpaired) electrons. The Morgan fingerprint density at radius 2 is 2.40 bits per heavy atom. The van der Waals surface area contributed by atoms with E-state index in [1.165, 1.54) is 0 Å². The van der Waals surface area contributed by atoms with Crippen molar-refractivity contribution in [3.05, 3.63) is 10.2 Å². The van der Waals surface area contributed by atoms with Gasteiger partial charge in [0.15, 0.2) is 0 Å². The fourth-order valence-electron chi connectivity index (χ4n) is 0.591. The minimum Gasteiger partial charge on any atom is -0.303 e. The molecule has 0 aromatic heterocycles. The maximum Gasteiger partial charge on any atom is 0.120 e. The van der Waals surface area contributed by atoms with Crippen LogP contribution in [-0.4, -0.2) is 11.7 Å². The van der Waals surface area contributed by atoms with E-state index in [9.17, 15) is 4.79 Å². The van der Waals surface area contributed by atoms with Crippen molar-refractivity contribution >= 4 is 40.5 Å². The molecule has 0 aromatic rings. The largest absolute Gasteiger partial charge is 0.303 e. The maximum absolute atomic E-state index is 9.91. The molecule has 0 saturated heterocycles. The molecule has 0 rings (SSSR count). The number of halogens is 2. The molecular formula is C7H10ClIO. The highest BCUT2D eigenvalue weighted by molar-refractivity contribution is 14.1. The van der Waals surface area contributed by atoms with Crippen LogP contribution < -0.4 is 0 Å². The Bertz CT molecular complexity index is 125. The summed E-state index contributed by atoms with van der Waals surface area (Å²) in [7, 11) is 0. The van der Waals surface area contributed by atoms with Crippen LogP contribution in [0.5, 0.6) is 0 Å². The second-order valence-electron chi connectivity index (χ2n) is 2.06. The zero-order valence-corrected chi connectivity index (χ0v) is 8.56. The number of hydrogen-bond acceptors (Lipinski definition) is 1. The normalized spacial score (nSPS) is 12.6. The summed E-state index contributed by atoms with van der Waals surface area (Å²) in [5, 5.41) is 0.0783. The Balaban J connectivity index is 3.33. The van der Waals surface area contributed by atoms with Crippen LogP contribution in [0.25, 0.3) is 0 Å². The number of allylic oxidation sites excluding steroid dienone is 1. The van der Waals surface area contributed by atoms with Crippen molar-refractivity contribution in [1.82, 2.24) is 0 Å². The highest BCUT2D eigenvalue weighted by Gasteiger charge is 2.03. The molecule has 1 atom stereocenters. The van der Waals surface area contributed by atoms with Crippen molar-refractivity contribution in [3.63, 3.8) is 0 Å². The molecule has 3 heteroatoms. The Labute approximate surface area is 80.0 Å². The maximum atomic E-state index is 9.91. The van der Waals surface area contributed by atoms with E-state index in [0.717, 1.165) is 22.7 Å². The lowest BCUT2D eigenvalue weighted by Gasteiger charge is -2.04. The Hall–Kier alpha value is 0.430. The van der Waals surface area contributed by atoms with Crippen LogP contribution in [0.3, 0.4) is 0 Å². The van der Waals surface area contributed by atoms with E-state index in [-0.39, 0.29) is 5.38 Å². The first-order valence-corrected chi connectivity index (χ1v) is 4.59. The van der Waals surface area contributed by atoms with E-state index >= 15 is 0 Å². The van der Waals surface area contributed by atoms with Gasteiger partial charge in [-0.25, -0.2) is 0 Å². The minimum atomic E-state index is 0.0783. The van der Waals surface area contributed by atoms with Gasteiger partial charge < -0.3 is 4.79 Å². The lowest BCUT2D eigenvalue weighted by Crippen LogP contribution is -1.97. The minimum absolute atomic E-state index is 0.0783. The van der Waals surface area contributed by atoms with E-state index in [4.69, 9.17) is 11.6 Å². The van der Waals surface area contributed by atoms with Crippen LogP contribution in [-0.2, 0) is 4.79 Å². The Morgan fingerprint density at radius 1 is 1.80 bits per heavy atom. The SMILES string of the molecule is C=C(I)C[C@H](Cl)CCC=O. The molecule has 0 N–H and O–H groups in total. The van der Waals surface area contributed by atoms with Crippen molar-refractivity contribution in [1.29, 1.82) is 0 Å². The molecule has 0 aromatic carbocycles. The highest BCUT2D eigenvalue weighted by atomic mass is 127. The van der Waals surface area contributed by atoms with Crippen LogP contribution in [0.1, 0.15) is 19.3 Å². The topological polar surface area (TPSA) is 17.1 Å². The molecule has 0 aliphatic rings. The van der Waals surface area contributed by atoms with E-state index in [1.807, 2.05) is 0 Å². The van der Waals surface area contributed by atoms with Gasteiger partial charge in [-0.3, -0.25) is 0 Å². The van der Waals surface area contributed by atoms with Gasteiger partial charge in [0.1, 0.15) is 6.29 Å². The molecule has 0 saturated carbocycles. The molecule has 0 aliphatic heterocycles. The molecule has 0 heterocycles. The molecule has 0 spiro atoms. The highest BCUT2D eigenvalue weighted by Crippen LogP contribution is 2.18. The predicted molar refractivity (Wildman–Crippen MR) is 52.7 cm³/mol. The van der Waals surface area contributed by atoms with Crippen LogP contribution in [0.4, 0.5) is 0 Å². The van der Waals surface area contributed by atoms with Gasteiger partial charge >= 0.3 is 0 Å². The van der Waals surface area contributed by atoms with Crippen molar-refractivity contribution in [2.45, 2.75) is 24.6 Å². The van der Waals surface area contributed by atoms with Gasteiger partial charge in [-0.15, -0.1) is 11.6 Å². The smallest absolute Gasteiger partial charge is 0.120 e. The number of alkyl halides is 1. The third kappa shape index (κ3) is 6.55. The summed E-state index contributed by atoms with van der Waals surface area (Å²) < 4.78 is 1.04. The van der Waals surface area contributed by atoms with Crippen molar-refractivity contribution in [2.75, 3.05) is 0 Å². The first kappa shape index (κ1) is 10.4. The molecular weight excluding hydrogens is 262 g/mol. The molecule has 0 amide bonds. The standard InChI is InChI=1S/C7H10ClIO/c1-6(9)5-7(8)3-2-4-10/h4,7H,1-3,5H2/t7-/m1/s1. The van der Waals surface area contributed by atoms with E-state index in [1.54, 1.807) is 0 Å². The van der Waals surface area contributed by atoms with Crippen LogP contribution >= 0.6 is 34.2 Å². The molecule has 0 unspecified atom stereocenters. The number of carbonyl (C=O) groups excluding carboxylic acids is 1. The summed E-state index contributed by atoms with van der Waals surface area (Å²) in [6, 6.07) is 0. The summed E-state index contributed by atoms with van der Waals surface area (Å²) in [6.07, 6.45) is 3.01. The molecule has 0 bridgehead atoms. The van der Waals surface area contributed by atoms with Crippen LogP contribution in [0.15, 0.2) is 10.2 Å². The van der Waals surface area contributed by atoms with Crippen molar-refractivity contribution in [2.24, 2.45) is 0 Å². The second kappa shape index (κ2) is 6.16. The van der Waals surface area contributed by atoms with Crippen molar-refractivity contribution in [3.8, 4) is 0 Å². The Morgan fingerprint density at radius 3 is 2.80 bits per heavy atom. The Kier molecular flexibility index (Phi) is 6.43. The van der Waals surface area contributed by atoms with Gasteiger partial charge in [0.2, 0.25) is 0 Å². The average molecular weight is 273 g/mol. The van der Waals surface area contributed by atoms with Gasteiger partial charge in [0.05, 0.1) is 0 Å². The first-order valence-electron chi connectivity index (χ1n) is 3.07. The summed E-state index contributed by atoms with van der Waals surface area (Å²) in [4.78, 5) is 9.91. The average Bonchev–Trinajstić information content (AvgIpc) is 1.82. The van der Waals surface area contributed by atoms with E-state index in [2.05, 4.69) is 29.2 Å². The van der Waals surface area contributed by atoms with Crippen molar-refractivity contribution < 1.29 is 4.79 Å². The van der Waals surface area contributed by atoms with Gasteiger partial charge in [-0.05, 0) is 39.0 Å². The van der Waals surface area contributed by atoms with Gasteiger partial charge in [0.25, 0.3) is 0 Å². The third-order valence-electron chi connectivity index (χ3n) is 1.04. The van der Waals surface area contributed by atoms with Gasteiger partial charge in [-0.1, -0.05) is 6.58 Å². The molecule has 1 nitrogen and oxygen atoms in total. The van der Waals surface area contributed by atoms with Crippen LogP contribution in [0, 0.1) is 0 Å². The monoisotopic (exact) mass is 272 g/mol. The summed E-state index contributed by atoms with van der Waals surface area (Å²) in [6.45, 7) is 3.72. The molecule has 58 valence electrons. The fourth-order valence-corrected chi connectivity index (χ4v) is 1.70. The first-order chi connectivity index (χ1) is 4.66. The van der Waals surface area contributed by atoms with Gasteiger partial charge in [0, 0.05) is 11.8 Å². The molecule has 0 fully saturated rings. The third-order valence-corrected chi connectivity index (χ3v) is 1.85. The predicted octanol–water partition coefficient (Wildman–Crippen LogP) is 2.91. The summed E-state index contributed by atoms with van der Waals surface area (Å²) >= 11 is 7.97. The summed E-state index contributed by atoms with van der Waals surface area (Å²) in [5.74, 6) is 0. The number of hydrogen-bond donors (Lipinski definition) is 0. The van der Waals surface area contributed by atoms with Gasteiger partial charge in [-0.2, -0.15) is 0 Å². The molecule has 0 aliphatic carbocycles. The second-order valence-corrected chi connectivity index (χ2v) is 4.21. The number of carbonyl (C=O) groups is 1. The lowest BCUT2D eigenvalue weighted by atomic mass is 10.2. The zero-order chi connectivity index (χ0) is 7.98. The fraction of sp³-hybridized carbons (Fsp3) is 0.571. The molecule has 10 heavy (non-hydrogen) atoms. The number of rotatable bonds is 5. The van der Waals surface area contributed by atoms with E-state index < -0.39 is 0 Å². The lowest BCUT2D eigenvalue weighted by molar-refractivity contribution is -0.107.